The molecule has 57 heavy (non-hydrogen) atoms. The van der Waals surface area contributed by atoms with Crippen LogP contribution in [0.2, 0.25) is 0 Å². The van der Waals surface area contributed by atoms with Gasteiger partial charge in [-0.15, -0.1) is 0 Å². The highest BCUT2D eigenvalue weighted by atomic mass is 16.6. The fraction of sp³-hybridized carbons (Fsp3) is 0.941. The zero-order valence-corrected chi connectivity index (χ0v) is 39.0. The number of carbonyl (C=O) groups is 3. The van der Waals surface area contributed by atoms with Crippen molar-refractivity contribution >= 4 is 17.9 Å². The molecule has 0 amide bonds. The first-order valence-corrected chi connectivity index (χ1v) is 25.2. The summed E-state index contributed by atoms with van der Waals surface area (Å²) < 4.78 is 16.8. The molecule has 6 nitrogen and oxygen atoms in total. The molecule has 0 rings (SSSR count). The topological polar surface area (TPSA) is 78.9 Å². The van der Waals surface area contributed by atoms with Crippen molar-refractivity contribution < 1.29 is 28.6 Å². The largest absolute Gasteiger partial charge is 0.462 e. The van der Waals surface area contributed by atoms with Gasteiger partial charge in [0.2, 0.25) is 0 Å². The van der Waals surface area contributed by atoms with Crippen LogP contribution in [0, 0.1) is 11.8 Å². The summed E-state index contributed by atoms with van der Waals surface area (Å²) >= 11 is 0. The fourth-order valence-corrected chi connectivity index (χ4v) is 7.64. The molecular formula is C51H98O6. The Hall–Kier alpha value is -1.59. The van der Waals surface area contributed by atoms with Crippen molar-refractivity contribution in [3.8, 4) is 0 Å². The third-order valence-electron chi connectivity index (χ3n) is 11.5. The van der Waals surface area contributed by atoms with E-state index in [1.54, 1.807) is 0 Å². The van der Waals surface area contributed by atoms with Crippen molar-refractivity contribution in [2.75, 3.05) is 13.2 Å². The molecule has 0 saturated carbocycles. The van der Waals surface area contributed by atoms with Gasteiger partial charge >= 0.3 is 17.9 Å². The number of hydrogen-bond donors (Lipinski definition) is 0. The van der Waals surface area contributed by atoms with Crippen molar-refractivity contribution in [2.24, 2.45) is 11.8 Å². The van der Waals surface area contributed by atoms with Gasteiger partial charge in [-0.1, -0.05) is 240 Å². The fourth-order valence-electron chi connectivity index (χ4n) is 7.64. The van der Waals surface area contributed by atoms with Crippen LogP contribution >= 0.6 is 0 Å². The van der Waals surface area contributed by atoms with Gasteiger partial charge in [-0.2, -0.15) is 0 Å². The number of hydrogen-bond acceptors (Lipinski definition) is 6. The third kappa shape index (κ3) is 45.3. The lowest BCUT2D eigenvalue weighted by Crippen LogP contribution is -2.30. The highest BCUT2D eigenvalue weighted by Gasteiger charge is 2.19. The summed E-state index contributed by atoms with van der Waals surface area (Å²) in [6.45, 7) is 11.4. The lowest BCUT2D eigenvalue weighted by atomic mass is 10.0. The third-order valence-corrected chi connectivity index (χ3v) is 11.5. The van der Waals surface area contributed by atoms with Crippen LogP contribution < -0.4 is 0 Å². The molecule has 0 aliphatic heterocycles. The summed E-state index contributed by atoms with van der Waals surface area (Å²) in [7, 11) is 0. The summed E-state index contributed by atoms with van der Waals surface area (Å²) in [6.07, 6.45) is 43.7. The Kier molecular flexibility index (Phi) is 42.7. The standard InChI is InChI=1S/C51H98O6/c1-6-7-8-9-10-11-14-23-28-33-38-43-51(54)57-48(45-56-50(53)42-37-32-27-22-18-17-20-25-30-35-40-47(4)5)44-55-49(52)41-36-31-26-21-16-13-12-15-19-24-29-34-39-46(2)3/h46-48H,6-45H2,1-5H3/t48-/m1/s1. The number of ether oxygens (including phenoxy) is 3. The summed E-state index contributed by atoms with van der Waals surface area (Å²) in [5.41, 5.74) is 0. The van der Waals surface area contributed by atoms with E-state index in [1.807, 2.05) is 0 Å². The predicted octanol–water partition coefficient (Wildman–Crippen LogP) is 16.1. The predicted molar refractivity (Wildman–Crippen MR) is 243 cm³/mol. The molecule has 0 aliphatic carbocycles. The monoisotopic (exact) mass is 807 g/mol. The summed E-state index contributed by atoms with van der Waals surface area (Å²) in [4.78, 5) is 37.9. The van der Waals surface area contributed by atoms with Crippen molar-refractivity contribution in [3.05, 3.63) is 0 Å². The minimum Gasteiger partial charge on any atom is -0.462 e. The molecule has 0 aromatic carbocycles. The Labute approximate surface area is 355 Å². The maximum atomic E-state index is 12.7. The molecule has 1 atom stereocenters. The van der Waals surface area contributed by atoms with Gasteiger partial charge in [0.05, 0.1) is 0 Å². The van der Waals surface area contributed by atoms with E-state index in [0.717, 1.165) is 69.6 Å². The Morgan fingerprint density at radius 3 is 0.860 bits per heavy atom. The van der Waals surface area contributed by atoms with Crippen molar-refractivity contribution in [1.82, 2.24) is 0 Å². The molecule has 0 aromatic rings. The maximum Gasteiger partial charge on any atom is 0.306 e. The Morgan fingerprint density at radius 1 is 0.333 bits per heavy atom. The van der Waals surface area contributed by atoms with Crippen LogP contribution in [0.4, 0.5) is 0 Å². The average molecular weight is 807 g/mol. The quantitative estimate of drug-likeness (QED) is 0.0346. The van der Waals surface area contributed by atoms with Crippen LogP contribution in [0.1, 0.15) is 279 Å². The van der Waals surface area contributed by atoms with E-state index < -0.39 is 6.10 Å². The number of unbranched alkanes of at least 4 members (excludes halogenated alkanes) is 30. The van der Waals surface area contributed by atoms with Crippen molar-refractivity contribution in [2.45, 2.75) is 285 Å². The van der Waals surface area contributed by atoms with E-state index in [1.165, 1.54) is 167 Å². The van der Waals surface area contributed by atoms with E-state index in [-0.39, 0.29) is 31.1 Å². The van der Waals surface area contributed by atoms with Crippen LogP contribution in [-0.4, -0.2) is 37.2 Å². The Morgan fingerprint density at radius 2 is 0.579 bits per heavy atom. The van der Waals surface area contributed by atoms with E-state index in [0.29, 0.717) is 19.3 Å². The lowest BCUT2D eigenvalue weighted by Gasteiger charge is -2.18. The van der Waals surface area contributed by atoms with E-state index in [2.05, 4.69) is 34.6 Å². The van der Waals surface area contributed by atoms with Gasteiger partial charge in [0.1, 0.15) is 13.2 Å². The highest BCUT2D eigenvalue weighted by molar-refractivity contribution is 5.71. The highest BCUT2D eigenvalue weighted by Crippen LogP contribution is 2.17. The molecule has 0 aromatic heterocycles. The van der Waals surface area contributed by atoms with Gasteiger partial charge < -0.3 is 14.2 Å². The van der Waals surface area contributed by atoms with Gasteiger partial charge in [-0.25, -0.2) is 0 Å². The molecule has 0 N–H and O–H groups in total. The Bertz CT molecular complexity index is 870. The van der Waals surface area contributed by atoms with Gasteiger partial charge in [-0.3, -0.25) is 14.4 Å². The second-order valence-electron chi connectivity index (χ2n) is 18.4. The first-order valence-electron chi connectivity index (χ1n) is 25.2. The second-order valence-corrected chi connectivity index (χ2v) is 18.4. The molecule has 6 heteroatoms. The van der Waals surface area contributed by atoms with Gasteiger partial charge in [0.25, 0.3) is 0 Å². The zero-order valence-electron chi connectivity index (χ0n) is 39.0. The van der Waals surface area contributed by atoms with Crippen LogP contribution in [0.15, 0.2) is 0 Å². The molecular weight excluding hydrogens is 709 g/mol. The molecule has 0 saturated heterocycles. The second kappa shape index (κ2) is 44.0. The average Bonchev–Trinajstić information content (AvgIpc) is 3.18. The lowest BCUT2D eigenvalue weighted by molar-refractivity contribution is -0.167. The molecule has 0 fully saturated rings. The van der Waals surface area contributed by atoms with Gasteiger partial charge in [-0.05, 0) is 31.1 Å². The van der Waals surface area contributed by atoms with Crippen molar-refractivity contribution in [3.63, 3.8) is 0 Å². The summed E-state index contributed by atoms with van der Waals surface area (Å²) in [5.74, 6) is 0.802. The number of esters is 3. The molecule has 0 radical (unpaired) electrons. The molecule has 0 bridgehead atoms. The molecule has 0 heterocycles. The van der Waals surface area contributed by atoms with E-state index in [4.69, 9.17) is 14.2 Å². The maximum absolute atomic E-state index is 12.7. The molecule has 0 spiro atoms. The number of rotatable bonds is 45. The smallest absolute Gasteiger partial charge is 0.306 e. The van der Waals surface area contributed by atoms with Gasteiger partial charge in [0, 0.05) is 19.3 Å². The minimum atomic E-state index is -0.761. The van der Waals surface area contributed by atoms with E-state index in [9.17, 15) is 14.4 Å². The number of carbonyl (C=O) groups excluding carboxylic acids is 3. The first kappa shape index (κ1) is 55.4. The minimum absolute atomic E-state index is 0.0639. The molecule has 0 unspecified atom stereocenters. The molecule has 338 valence electrons. The zero-order chi connectivity index (χ0) is 41.9. The normalized spacial score (nSPS) is 12.1. The summed E-state index contributed by atoms with van der Waals surface area (Å²) in [5, 5.41) is 0. The van der Waals surface area contributed by atoms with Crippen LogP contribution in [0.3, 0.4) is 0 Å². The summed E-state index contributed by atoms with van der Waals surface area (Å²) in [6, 6.07) is 0. The molecule has 0 aliphatic rings. The van der Waals surface area contributed by atoms with Crippen LogP contribution in [0.25, 0.3) is 0 Å². The van der Waals surface area contributed by atoms with Crippen molar-refractivity contribution in [1.29, 1.82) is 0 Å². The van der Waals surface area contributed by atoms with E-state index >= 15 is 0 Å². The Balaban J connectivity index is 4.30. The van der Waals surface area contributed by atoms with Gasteiger partial charge in [0.15, 0.2) is 6.10 Å². The first-order chi connectivity index (χ1) is 27.7. The SMILES string of the molecule is CCCCCCCCCCCCCC(=O)O[C@H](COC(=O)CCCCCCCCCCCCCCC(C)C)COC(=O)CCCCCCCCCCCCC(C)C. The van der Waals surface area contributed by atoms with Crippen LogP contribution in [-0.2, 0) is 28.6 Å². The van der Waals surface area contributed by atoms with Crippen LogP contribution in [0.5, 0.6) is 0 Å².